The third-order valence-corrected chi connectivity index (χ3v) is 2.46. The van der Waals surface area contributed by atoms with Crippen LogP contribution < -0.4 is 10.6 Å². The van der Waals surface area contributed by atoms with Gasteiger partial charge >= 0.3 is 0 Å². The lowest BCUT2D eigenvalue weighted by molar-refractivity contribution is 0.680. The second-order valence-electron chi connectivity index (χ2n) is 3.71. The smallest absolute Gasteiger partial charge is 0.222 e. The van der Waals surface area contributed by atoms with Gasteiger partial charge in [0.25, 0.3) is 0 Å². The molecule has 0 radical (unpaired) electrons. The molecular formula is C10H16N4. The number of aryl methyl sites for hydroxylation is 1. The van der Waals surface area contributed by atoms with Gasteiger partial charge in [-0.1, -0.05) is 0 Å². The van der Waals surface area contributed by atoms with E-state index in [9.17, 15) is 0 Å². The summed E-state index contributed by atoms with van der Waals surface area (Å²) in [6.07, 6.45) is 4.52. The third-order valence-electron chi connectivity index (χ3n) is 2.46. The summed E-state index contributed by atoms with van der Waals surface area (Å²) in [5.74, 6) is 0.692. The van der Waals surface area contributed by atoms with Crippen molar-refractivity contribution < 1.29 is 0 Å². The lowest BCUT2D eigenvalue weighted by atomic mass is 10.2. The van der Waals surface area contributed by atoms with Crippen molar-refractivity contribution in [3.8, 4) is 0 Å². The normalized spacial score (nSPS) is 15.6. The van der Waals surface area contributed by atoms with Crippen molar-refractivity contribution in [1.82, 2.24) is 15.3 Å². The Hall–Kier alpha value is -1.16. The van der Waals surface area contributed by atoms with Crippen LogP contribution in [0.2, 0.25) is 0 Å². The number of hydrogen-bond acceptors (Lipinski definition) is 4. The van der Waals surface area contributed by atoms with E-state index in [4.69, 9.17) is 0 Å². The largest absolute Gasteiger partial charge is 0.357 e. The molecule has 0 aromatic carbocycles. The fraction of sp³-hybridized carbons (Fsp3) is 0.600. The molecule has 4 heteroatoms. The zero-order valence-electron chi connectivity index (χ0n) is 8.67. The molecule has 1 saturated carbocycles. The lowest BCUT2D eigenvalue weighted by Gasteiger charge is -2.07. The maximum Gasteiger partial charge on any atom is 0.222 e. The summed E-state index contributed by atoms with van der Waals surface area (Å²) in [4.78, 5) is 8.52. The molecule has 1 aliphatic rings. The quantitative estimate of drug-likeness (QED) is 0.749. The number of nitrogens with zero attached hydrogens (tertiary/aromatic N) is 2. The minimum absolute atomic E-state index is 0.692. The molecule has 2 N–H and O–H groups in total. The summed E-state index contributed by atoms with van der Waals surface area (Å²) in [6, 6.07) is 0.735. The van der Waals surface area contributed by atoms with Gasteiger partial charge in [-0.25, -0.2) is 9.97 Å². The fourth-order valence-electron chi connectivity index (χ4n) is 1.33. The summed E-state index contributed by atoms with van der Waals surface area (Å²) in [7, 11) is 1.83. The van der Waals surface area contributed by atoms with Gasteiger partial charge in [0.05, 0.1) is 0 Å². The number of anilines is 1. The molecule has 1 aromatic heterocycles. The van der Waals surface area contributed by atoms with E-state index in [1.807, 2.05) is 20.2 Å². The second kappa shape index (κ2) is 3.92. The van der Waals surface area contributed by atoms with Gasteiger partial charge in [0.15, 0.2) is 0 Å². The highest BCUT2D eigenvalue weighted by molar-refractivity contribution is 5.28. The molecule has 0 unspecified atom stereocenters. The van der Waals surface area contributed by atoms with E-state index in [1.54, 1.807) is 0 Å². The molecule has 14 heavy (non-hydrogen) atoms. The zero-order chi connectivity index (χ0) is 9.97. The minimum Gasteiger partial charge on any atom is -0.357 e. The molecule has 0 spiro atoms. The minimum atomic E-state index is 0.692. The molecule has 0 atom stereocenters. The van der Waals surface area contributed by atoms with E-state index in [0.717, 1.165) is 18.3 Å². The summed E-state index contributed by atoms with van der Waals surface area (Å²) in [5, 5.41) is 6.38. The van der Waals surface area contributed by atoms with E-state index in [1.165, 1.54) is 18.4 Å². The van der Waals surface area contributed by atoms with Crippen LogP contribution in [0.15, 0.2) is 6.20 Å². The average molecular weight is 192 g/mol. The Bertz CT molecular complexity index is 320. The Morgan fingerprint density at radius 2 is 2.29 bits per heavy atom. The monoisotopic (exact) mass is 192 g/mol. The summed E-state index contributed by atoms with van der Waals surface area (Å²) >= 11 is 0. The molecule has 1 fully saturated rings. The van der Waals surface area contributed by atoms with E-state index in [2.05, 4.69) is 20.6 Å². The first-order chi connectivity index (χ1) is 6.79. The standard InChI is InChI=1S/C10H16N4/c1-7-8(5-12-9-3-4-9)6-13-10(11-2)14-7/h6,9,12H,3-5H2,1-2H3,(H,11,13,14). The van der Waals surface area contributed by atoms with Crippen LogP contribution in [0.4, 0.5) is 5.95 Å². The Labute approximate surface area is 84.2 Å². The van der Waals surface area contributed by atoms with E-state index >= 15 is 0 Å². The van der Waals surface area contributed by atoms with Gasteiger partial charge < -0.3 is 10.6 Å². The van der Waals surface area contributed by atoms with Crippen LogP contribution in [0, 0.1) is 6.92 Å². The maximum absolute atomic E-state index is 4.33. The maximum atomic E-state index is 4.33. The number of aromatic nitrogens is 2. The molecule has 1 aliphatic carbocycles. The molecule has 4 nitrogen and oxygen atoms in total. The van der Waals surface area contributed by atoms with Gasteiger partial charge in [-0.2, -0.15) is 0 Å². The highest BCUT2D eigenvalue weighted by Crippen LogP contribution is 2.19. The van der Waals surface area contributed by atoms with Crippen LogP contribution in [-0.4, -0.2) is 23.1 Å². The predicted molar refractivity (Wildman–Crippen MR) is 56.2 cm³/mol. The topological polar surface area (TPSA) is 49.8 Å². The number of hydrogen-bond donors (Lipinski definition) is 2. The molecule has 76 valence electrons. The van der Waals surface area contributed by atoms with Crippen molar-refractivity contribution >= 4 is 5.95 Å². The molecular weight excluding hydrogens is 176 g/mol. The van der Waals surface area contributed by atoms with Crippen molar-refractivity contribution in [2.24, 2.45) is 0 Å². The van der Waals surface area contributed by atoms with E-state index in [-0.39, 0.29) is 0 Å². The van der Waals surface area contributed by atoms with Crippen LogP contribution in [0.1, 0.15) is 24.1 Å². The Morgan fingerprint density at radius 1 is 1.50 bits per heavy atom. The lowest BCUT2D eigenvalue weighted by Crippen LogP contribution is -2.17. The summed E-state index contributed by atoms with van der Waals surface area (Å²) < 4.78 is 0. The van der Waals surface area contributed by atoms with Crippen molar-refractivity contribution in [3.63, 3.8) is 0 Å². The zero-order valence-corrected chi connectivity index (χ0v) is 8.67. The molecule has 2 rings (SSSR count). The van der Waals surface area contributed by atoms with Crippen LogP contribution in [-0.2, 0) is 6.54 Å². The van der Waals surface area contributed by atoms with Gasteiger partial charge in [0, 0.05) is 37.1 Å². The fourth-order valence-corrected chi connectivity index (χ4v) is 1.33. The van der Waals surface area contributed by atoms with Crippen molar-refractivity contribution in [1.29, 1.82) is 0 Å². The predicted octanol–water partition coefficient (Wildman–Crippen LogP) is 1.08. The molecule has 0 bridgehead atoms. The Kier molecular flexibility index (Phi) is 2.63. The summed E-state index contributed by atoms with van der Waals surface area (Å²) in [5.41, 5.74) is 2.24. The van der Waals surface area contributed by atoms with E-state index in [0.29, 0.717) is 5.95 Å². The van der Waals surface area contributed by atoms with Crippen LogP contribution >= 0.6 is 0 Å². The Balaban J connectivity index is 2.01. The first kappa shape index (κ1) is 9.40. The van der Waals surface area contributed by atoms with Crippen LogP contribution in [0.5, 0.6) is 0 Å². The van der Waals surface area contributed by atoms with Gasteiger partial charge in [-0.3, -0.25) is 0 Å². The van der Waals surface area contributed by atoms with Crippen molar-refractivity contribution in [2.75, 3.05) is 12.4 Å². The summed E-state index contributed by atoms with van der Waals surface area (Å²) in [6.45, 7) is 2.91. The van der Waals surface area contributed by atoms with Gasteiger partial charge in [-0.05, 0) is 19.8 Å². The first-order valence-electron chi connectivity index (χ1n) is 5.03. The molecule has 1 aromatic rings. The number of nitrogens with one attached hydrogen (secondary N) is 2. The van der Waals surface area contributed by atoms with Gasteiger partial charge in [0.2, 0.25) is 5.95 Å². The second-order valence-corrected chi connectivity index (χ2v) is 3.71. The Morgan fingerprint density at radius 3 is 2.86 bits per heavy atom. The van der Waals surface area contributed by atoms with Crippen molar-refractivity contribution in [2.45, 2.75) is 32.4 Å². The molecule has 0 saturated heterocycles. The third kappa shape index (κ3) is 2.20. The molecule has 1 heterocycles. The highest BCUT2D eigenvalue weighted by atomic mass is 15.1. The average Bonchev–Trinajstić information content (AvgIpc) is 2.99. The number of rotatable bonds is 4. The van der Waals surface area contributed by atoms with Gasteiger partial charge in [-0.15, -0.1) is 0 Å². The first-order valence-corrected chi connectivity index (χ1v) is 5.03. The van der Waals surface area contributed by atoms with Crippen LogP contribution in [0.3, 0.4) is 0 Å². The van der Waals surface area contributed by atoms with Crippen LogP contribution in [0.25, 0.3) is 0 Å². The highest BCUT2D eigenvalue weighted by Gasteiger charge is 2.20. The molecule has 0 aliphatic heterocycles. The molecule has 0 amide bonds. The SMILES string of the molecule is CNc1ncc(CNC2CC2)c(C)n1. The van der Waals surface area contributed by atoms with E-state index < -0.39 is 0 Å². The van der Waals surface area contributed by atoms with Gasteiger partial charge in [0.1, 0.15) is 0 Å². The van der Waals surface area contributed by atoms with Crippen molar-refractivity contribution in [3.05, 3.63) is 17.5 Å².